The van der Waals surface area contributed by atoms with Gasteiger partial charge in [-0.2, -0.15) is 0 Å². The summed E-state index contributed by atoms with van der Waals surface area (Å²) in [5.41, 5.74) is 1.63. The molecule has 0 bridgehead atoms. The van der Waals surface area contributed by atoms with E-state index in [1.807, 2.05) is 4.90 Å². The number of carbonyl (C=O) groups is 3. The van der Waals surface area contributed by atoms with Crippen LogP contribution in [0.3, 0.4) is 0 Å². The lowest BCUT2D eigenvalue weighted by atomic mass is 9.65. The van der Waals surface area contributed by atoms with Gasteiger partial charge in [0.15, 0.2) is 11.6 Å². The molecule has 2 spiro atoms. The van der Waals surface area contributed by atoms with E-state index >= 15 is 0 Å². The van der Waals surface area contributed by atoms with Gasteiger partial charge in [0.05, 0.1) is 33.2 Å². The molecular formula is C36H53NO4S2. The standard InChI is InChI=1S/C36H53NO4S2/c1-30(2,3)23-18-35(19-24(28(23)39)31(4,5)6)36(20-25(32(7,8)9)29(40)26(21-36)33(10,11)12)43-34(13,42-35)22-27(38)37-14-16-41-17-15-37/h18-21H,14-17,22H2,1-13H3. The Morgan fingerprint density at radius 2 is 0.977 bits per heavy atom. The third kappa shape index (κ3) is 6.42. The topological polar surface area (TPSA) is 63.7 Å². The molecule has 0 radical (unpaired) electrons. The number of ether oxygens (including phenoxy) is 1. The third-order valence-corrected chi connectivity index (χ3v) is 12.5. The summed E-state index contributed by atoms with van der Waals surface area (Å²) in [6.45, 7) is 29.8. The maximum Gasteiger partial charge on any atom is 0.224 e. The zero-order valence-electron chi connectivity index (χ0n) is 28.7. The summed E-state index contributed by atoms with van der Waals surface area (Å²) in [6, 6.07) is 0. The van der Waals surface area contributed by atoms with Gasteiger partial charge in [-0.05, 0) is 28.6 Å². The summed E-state index contributed by atoms with van der Waals surface area (Å²) in [6.07, 6.45) is 9.17. The first kappa shape index (κ1) is 34.3. The Hall–Kier alpha value is -1.57. The second kappa shape index (κ2) is 10.8. The molecule has 5 nitrogen and oxygen atoms in total. The lowest BCUT2D eigenvalue weighted by Crippen LogP contribution is -2.48. The van der Waals surface area contributed by atoms with Crippen LogP contribution in [-0.4, -0.2) is 62.2 Å². The van der Waals surface area contributed by atoms with E-state index in [4.69, 9.17) is 4.74 Å². The number of Topliss-reactive ketones (excluding diaryl/α,β-unsaturated/α-hetero) is 2. The Labute approximate surface area is 268 Å². The van der Waals surface area contributed by atoms with Crippen LogP contribution in [0.1, 0.15) is 96.4 Å². The largest absolute Gasteiger partial charge is 0.378 e. The van der Waals surface area contributed by atoms with Gasteiger partial charge in [-0.3, -0.25) is 14.4 Å². The molecule has 4 rings (SSSR count). The fourth-order valence-electron chi connectivity index (χ4n) is 6.46. The predicted octanol–water partition coefficient (Wildman–Crippen LogP) is 7.96. The van der Waals surface area contributed by atoms with Gasteiger partial charge in [-0.1, -0.05) is 107 Å². The minimum absolute atomic E-state index is 0.0938. The Morgan fingerprint density at radius 1 is 0.674 bits per heavy atom. The van der Waals surface area contributed by atoms with Gasteiger partial charge in [-0.15, -0.1) is 23.5 Å². The smallest absolute Gasteiger partial charge is 0.224 e. The number of hydrogen-bond donors (Lipinski definition) is 0. The highest BCUT2D eigenvalue weighted by atomic mass is 32.2. The molecule has 2 aliphatic carbocycles. The SMILES string of the molecule is CC1(CC(=O)N2CCOCC2)SC2(C=C(C(C)(C)C)C(=O)C(C(C)(C)C)=C2)C2(C=C(C(C)(C)C)C(=O)C(C(C)(C)C)=C2)S1. The van der Waals surface area contributed by atoms with Crippen molar-refractivity contribution in [2.75, 3.05) is 26.3 Å². The second-order valence-electron chi connectivity index (χ2n) is 17.0. The van der Waals surface area contributed by atoms with Crippen LogP contribution in [0.5, 0.6) is 0 Å². The number of hydrogen-bond acceptors (Lipinski definition) is 6. The molecule has 0 aromatic carbocycles. The Kier molecular flexibility index (Phi) is 8.58. The van der Waals surface area contributed by atoms with Gasteiger partial charge >= 0.3 is 0 Å². The molecule has 0 aromatic rings. The molecule has 43 heavy (non-hydrogen) atoms. The number of amides is 1. The van der Waals surface area contributed by atoms with Gasteiger partial charge in [0.25, 0.3) is 0 Å². The third-order valence-electron chi connectivity index (χ3n) is 8.86. The summed E-state index contributed by atoms with van der Waals surface area (Å²) in [5.74, 6) is 0.310. The maximum atomic E-state index is 14.2. The lowest BCUT2D eigenvalue weighted by Gasteiger charge is -2.46. The van der Waals surface area contributed by atoms with Gasteiger partial charge in [-0.25, -0.2) is 0 Å². The van der Waals surface area contributed by atoms with Crippen LogP contribution in [0, 0.1) is 21.7 Å². The summed E-state index contributed by atoms with van der Waals surface area (Å²) < 4.78 is 3.62. The number of fused-ring (bicyclic) bond motifs is 1. The van der Waals surface area contributed by atoms with E-state index in [1.54, 1.807) is 23.5 Å². The molecule has 0 saturated carbocycles. The van der Waals surface area contributed by atoms with Crippen LogP contribution < -0.4 is 0 Å². The van der Waals surface area contributed by atoms with Crippen LogP contribution >= 0.6 is 23.5 Å². The second-order valence-corrected chi connectivity index (χ2v) is 20.8. The normalized spacial score (nSPS) is 24.2. The van der Waals surface area contributed by atoms with Crippen molar-refractivity contribution in [3.05, 3.63) is 46.6 Å². The lowest BCUT2D eigenvalue weighted by molar-refractivity contribution is -0.135. The van der Waals surface area contributed by atoms with Crippen LogP contribution in [0.2, 0.25) is 0 Å². The van der Waals surface area contributed by atoms with Crippen molar-refractivity contribution < 1.29 is 19.1 Å². The average Bonchev–Trinajstić information content (AvgIpc) is 3.05. The zero-order chi connectivity index (χ0) is 32.6. The molecule has 2 fully saturated rings. The number of thioether (sulfide) groups is 2. The van der Waals surface area contributed by atoms with E-state index in [-0.39, 0.29) is 39.1 Å². The van der Waals surface area contributed by atoms with E-state index in [1.165, 1.54) is 0 Å². The fourth-order valence-corrected chi connectivity index (χ4v) is 10.8. The first-order valence-corrected chi connectivity index (χ1v) is 17.3. The quantitative estimate of drug-likeness (QED) is 0.310. The first-order chi connectivity index (χ1) is 19.3. The summed E-state index contributed by atoms with van der Waals surface area (Å²) >= 11 is 3.56. The molecule has 0 unspecified atom stereocenters. The van der Waals surface area contributed by atoms with E-state index in [0.29, 0.717) is 32.7 Å². The zero-order valence-corrected chi connectivity index (χ0v) is 30.4. The molecule has 0 atom stereocenters. The van der Waals surface area contributed by atoms with Crippen molar-refractivity contribution in [3.8, 4) is 0 Å². The molecule has 1 amide bonds. The molecule has 2 saturated heterocycles. The van der Waals surface area contributed by atoms with Gasteiger partial charge in [0.2, 0.25) is 5.91 Å². The Balaban J connectivity index is 2.05. The van der Waals surface area contributed by atoms with Crippen molar-refractivity contribution in [1.29, 1.82) is 0 Å². The van der Waals surface area contributed by atoms with Crippen molar-refractivity contribution in [1.82, 2.24) is 4.90 Å². The maximum absolute atomic E-state index is 14.2. The Bertz CT molecular complexity index is 1180. The van der Waals surface area contributed by atoms with Crippen molar-refractivity contribution in [3.63, 3.8) is 0 Å². The van der Waals surface area contributed by atoms with Crippen LogP contribution in [0.15, 0.2) is 46.6 Å². The summed E-state index contributed by atoms with van der Waals surface area (Å²) in [5, 5.41) is 0. The molecule has 0 aromatic heterocycles. The molecule has 4 aliphatic rings. The van der Waals surface area contributed by atoms with Gasteiger partial charge < -0.3 is 9.64 Å². The van der Waals surface area contributed by atoms with E-state index < -0.39 is 13.6 Å². The highest BCUT2D eigenvalue weighted by Gasteiger charge is 2.64. The number of allylic oxidation sites excluding steroid dienone is 4. The number of morpholine rings is 1. The van der Waals surface area contributed by atoms with Crippen LogP contribution in [0.25, 0.3) is 0 Å². The van der Waals surface area contributed by atoms with Gasteiger partial charge in [0, 0.05) is 35.4 Å². The monoisotopic (exact) mass is 627 g/mol. The van der Waals surface area contributed by atoms with E-state index in [2.05, 4.69) is 114 Å². The molecule has 7 heteroatoms. The van der Waals surface area contributed by atoms with Gasteiger partial charge in [0.1, 0.15) is 0 Å². The summed E-state index contributed by atoms with van der Waals surface area (Å²) in [4.78, 5) is 44.0. The predicted molar refractivity (Wildman–Crippen MR) is 181 cm³/mol. The van der Waals surface area contributed by atoms with Crippen LogP contribution in [0.4, 0.5) is 0 Å². The average molecular weight is 628 g/mol. The molecule has 2 aliphatic heterocycles. The summed E-state index contributed by atoms with van der Waals surface area (Å²) in [7, 11) is 0. The minimum Gasteiger partial charge on any atom is -0.378 e. The van der Waals surface area contributed by atoms with Crippen molar-refractivity contribution >= 4 is 41.0 Å². The minimum atomic E-state index is -0.690. The number of carbonyl (C=O) groups excluding carboxylic acids is 3. The van der Waals surface area contributed by atoms with Crippen molar-refractivity contribution in [2.24, 2.45) is 21.7 Å². The first-order valence-electron chi connectivity index (χ1n) is 15.6. The fraction of sp³-hybridized carbons (Fsp3) is 0.694. The molecule has 238 valence electrons. The molecular weight excluding hydrogens is 575 g/mol. The Morgan fingerprint density at radius 3 is 1.26 bits per heavy atom. The number of rotatable bonds is 2. The molecule has 0 N–H and O–H groups in total. The van der Waals surface area contributed by atoms with Crippen LogP contribution in [-0.2, 0) is 19.1 Å². The van der Waals surface area contributed by atoms with E-state index in [0.717, 1.165) is 22.3 Å². The van der Waals surface area contributed by atoms with Crippen molar-refractivity contribution in [2.45, 2.75) is 110 Å². The number of nitrogens with zero attached hydrogens (tertiary/aromatic N) is 1. The highest BCUT2D eigenvalue weighted by molar-refractivity contribution is 8.23. The number of ketones is 2. The molecule has 2 heterocycles. The highest BCUT2D eigenvalue weighted by Crippen LogP contribution is 2.71. The van der Waals surface area contributed by atoms with E-state index in [9.17, 15) is 14.4 Å².